The van der Waals surface area contributed by atoms with E-state index in [1.54, 1.807) is 6.92 Å². The van der Waals surface area contributed by atoms with Crippen LogP contribution in [0.5, 0.6) is 0 Å². The zero-order valence-corrected chi connectivity index (χ0v) is 10.2. The van der Waals surface area contributed by atoms with E-state index in [4.69, 9.17) is 9.84 Å². The van der Waals surface area contributed by atoms with Crippen molar-refractivity contribution in [1.29, 1.82) is 0 Å². The highest BCUT2D eigenvalue weighted by Gasteiger charge is 2.03. The highest BCUT2D eigenvalue weighted by molar-refractivity contribution is 5.80. The first kappa shape index (κ1) is 16.9. The standard InChI is InChI=1S/C9H15NO4.C2H6/c1-7(2)14-6-5-10-8(11)3-4-9(12)13;1-2/h1,3-6H2,2H3,(H,10,11)(H,12,13);1-2H3. The highest BCUT2D eigenvalue weighted by Crippen LogP contribution is 1.90. The van der Waals surface area contributed by atoms with E-state index in [1.165, 1.54) is 0 Å². The van der Waals surface area contributed by atoms with Crippen LogP contribution in [0.4, 0.5) is 0 Å². The van der Waals surface area contributed by atoms with Crippen LogP contribution in [0.1, 0.15) is 33.6 Å². The zero-order chi connectivity index (χ0) is 13.0. The van der Waals surface area contributed by atoms with Crippen molar-refractivity contribution in [2.45, 2.75) is 33.6 Å². The fraction of sp³-hybridized carbons (Fsp3) is 0.636. The lowest BCUT2D eigenvalue weighted by atomic mass is 10.3. The minimum atomic E-state index is -0.974. The number of hydrogen-bond acceptors (Lipinski definition) is 3. The molecule has 0 aliphatic carbocycles. The maximum Gasteiger partial charge on any atom is 0.303 e. The maximum absolute atomic E-state index is 10.9. The van der Waals surface area contributed by atoms with Gasteiger partial charge in [-0.05, 0) is 6.92 Å². The summed E-state index contributed by atoms with van der Waals surface area (Å²) in [6.45, 7) is 9.95. The molecule has 0 saturated carbocycles. The van der Waals surface area contributed by atoms with Crippen LogP contribution in [-0.2, 0) is 14.3 Å². The third-order valence-electron chi connectivity index (χ3n) is 1.34. The average Bonchev–Trinajstić information content (AvgIpc) is 2.24. The molecule has 5 heteroatoms. The van der Waals surface area contributed by atoms with Crippen LogP contribution in [0.3, 0.4) is 0 Å². The van der Waals surface area contributed by atoms with E-state index in [9.17, 15) is 9.59 Å². The third kappa shape index (κ3) is 15.0. The van der Waals surface area contributed by atoms with Crippen molar-refractivity contribution in [3.63, 3.8) is 0 Å². The predicted octanol–water partition coefficient (Wildman–Crippen LogP) is 1.54. The van der Waals surface area contributed by atoms with Gasteiger partial charge in [0.1, 0.15) is 6.61 Å². The summed E-state index contributed by atoms with van der Waals surface area (Å²) < 4.78 is 4.99. The SMILES string of the molecule is C=C(C)OCCNC(=O)CCC(=O)O.CC. The molecule has 0 aromatic rings. The van der Waals surface area contributed by atoms with Crippen molar-refractivity contribution >= 4 is 11.9 Å². The molecule has 0 spiro atoms. The van der Waals surface area contributed by atoms with Gasteiger partial charge in [0.25, 0.3) is 0 Å². The molecule has 1 amide bonds. The summed E-state index contributed by atoms with van der Waals surface area (Å²) in [6, 6.07) is 0. The van der Waals surface area contributed by atoms with Crippen LogP contribution in [0.2, 0.25) is 0 Å². The summed E-state index contributed by atoms with van der Waals surface area (Å²) in [5, 5.41) is 10.8. The molecule has 0 aromatic carbocycles. The van der Waals surface area contributed by atoms with E-state index in [0.29, 0.717) is 18.9 Å². The van der Waals surface area contributed by atoms with Gasteiger partial charge in [-0.2, -0.15) is 0 Å². The minimum Gasteiger partial charge on any atom is -0.497 e. The van der Waals surface area contributed by atoms with Crippen molar-refractivity contribution < 1.29 is 19.4 Å². The summed E-state index contributed by atoms with van der Waals surface area (Å²) in [7, 11) is 0. The Balaban J connectivity index is 0. The van der Waals surface area contributed by atoms with E-state index in [-0.39, 0.29) is 18.7 Å². The van der Waals surface area contributed by atoms with E-state index in [1.807, 2.05) is 13.8 Å². The largest absolute Gasteiger partial charge is 0.497 e. The number of carbonyl (C=O) groups excluding carboxylic acids is 1. The molecule has 2 N–H and O–H groups in total. The van der Waals surface area contributed by atoms with Crippen molar-refractivity contribution in [2.75, 3.05) is 13.2 Å². The van der Waals surface area contributed by atoms with Gasteiger partial charge in [-0.3, -0.25) is 9.59 Å². The number of hydrogen-bond donors (Lipinski definition) is 2. The minimum absolute atomic E-state index is 0.00239. The number of rotatable bonds is 7. The van der Waals surface area contributed by atoms with Crippen molar-refractivity contribution in [2.24, 2.45) is 0 Å². The van der Waals surface area contributed by atoms with Crippen molar-refractivity contribution in [3.05, 3.63) is 12.3 Å². The van der Waals surface area contributed by atoms with Crippen LogP contribution in [0.15, 0.2) is 12.3 Å². The molecule has 94 valence electrons. The van der Waals surface area contributed by atoms with Gasteiger partial charge in [0, 0.05) is 6.42 Å². The molecule has 0 radical (unpaired) electrons. The molecule has 0 heterocycles. The second kappa shape index (κ2) is 11.6. The second-order valence-electron chi connectivity index (χ2n) is 2.79. The number of carbonyl (C=O) groups is 2. The molecule has 0 saturated heterocycles. The number of aliphatic carboxylic acids is 1. The summed E-state index contributed by atoms with van der Waals surface area (Å²) in [6.07, 6.45) is -0.143. The fourth-order valence-corrected chi connectivity index (χ4v) is 0.725. The molecule has 0 unspecified atom stereocenters. The molecular formula is C11H21NO4. The second-order valence-corrected chi connectivity index (χ2v) is 2.79. The van der Waals surface area contributed by atoms with Gasteiger partial charge in [0.2, 0.25) is 5.91 Å². The molecule has 16 heavy (non-hydrogen) atoms. The monoisotopic (exact) mass is 231 g/mol. The van der Waals surface area contributed by atoms with Crippen molar-refractivity contribution in [3.8, 4) is 0 Å². The van der Waals surface area contributed by atoms with Gasteiger partial charge in [0.05, 0.1) is 18.7 Å². The molecule has 5 nitrogen and oxygen atoms in total. The summed E-state index contributed by atoms with van der Waals surface area (Å²) in [5.74, 6) is -0.666. The first-order valence-corrected chi connectivity index (χ1v) is 5.29. The Labute approximate surface area is 96.5 Å². The maximum atomic E-state index is 10.9. The number of allylic oxidation sites excluding steroid dienone is 1. The Morgan fingerprint density at radius 3 is 2.31 bits per heavy atom. The number of nitrogens with one attached hydrogen (secondary N) is 1. The lowest BCUT2D eigenvalue weighted by Gasteiger charge is -2.06. The van der Waals surface area contributed by atoms with Gasteiger partial charge in [-0.15, -0.1) is 0 Å². The molecule has 0 bridgehead atoms. The Morgan fingerprint density at radius 1 is 1.31 bits per heavy atom. The van der Waals surface area contributed by atoms with E-state index in [0.717, 1.165) is 0 Å². The van der Waals surface area contributed by atoms with E-state index < -0.39 is 5.97 Å². The average molecular weight is 231 g/mol. The Kier molecular flexibility index (Phi) is 12.2. The highest BCUT2D eigenvalue weighted by atomic mass is 16.5. The molecular weight excluding hydrogens is 210 g/mol. The van der Waals surface area contributed by atoms with Crippen LogP contribution >= 0.6 is 0 Å². The lowest BCUT2D eigenvalue weighted by Crippen LogP contribution is -2.27. The molecule has 0 aliphatic heterocycles. The van der Waals surface area contributed by atoms with Gasteiger partial charge in [-0.1, -0.05) is 20.4 Å². The van der Waals surface area contributed by atoms with Gasteiger partial charge < -0.3 is 15.2 Å². The topological polar surface area (TPSA) is 75.6 Å². The number of ether oxygens (including phenoxy) is 1. The molecule has 0 fully saturated rings. The van der Waals surface area contributed by atoms with Crippen LogP contribution in [-0.4, -0.2) is 30.1 Å². The molecule has 0 atom stereocenters. The molecule has 0 aliphatic rings. The lowest BCUT2D eigenvalue weighted by molar-refractivity contribution is -0.138. The van der Waals surface area contributed by atoms with Crippen LogP contribution < -0.4 is 5.32 Å². The van der Waals surface area contributed by atoms with Gasteiger partial charge >= 0.3 is 5.97 Å². The summed E-state index contributed by atoms with van der Waals surface area (Å²) in [5.41, 5.74) is 0. The normalized spacial score (nSPS) is 8.44. The number of carboxylic acids is 1. The van der Waals surface area contributed by atoms with Crippen molar-refractivity contribution in [1.82, 2.24) is 5.32 Å². The quantitative estimate of drug-likeness (QED) is 0.515. The Bertz CT molecular complexity index is 226. The van der Waals surface area contributed by atoms with E-state index in [2.05, 4.69) is 11.9 Å². The summed E-state index contributed by atoms with van der Waals surface area (Å²) in [4.78, 5) is 21.0. The predicted molar refractivity (Wildman–Crippen MR) is 62.0 cm³/mol. The smallest absolute Gasteiger partial charge is 0.303 e. The summed E-state index contributed by atoms with van der Waals surface area (Å²) >= 11 is 0. The van der Waals surface area contributed by atoms with Gasteiger partial charge in [-0.25, -0.2) is 0 Å². The first-order chi connectivity index (χ1) is 7.52. The van der Waals surface area contributed by atoms with Gasteiger partial charge in [0.15, 0.2) is 0 Å². The van der Waals surface area contributed by atoms with E-state index >= 15 is 0 Å². The Morgan fingerprint density at radius 2 is 1.88 bits per heavy atom. The number of amides is 1. The Hall–Kier alpha value is -1.52. The molecule has 0 rings (SSSR count). The third-order valence-corrected chi connectivity index (χ3v) is 1.34. The number of carboxylic acid groups (broad SMARTS) is 1. The fourth-order valence-electron chi connectivity index (χ4n) is 0.725. The molecule has 0 aromatic heterocycles. The zero-order valence-electron chi connectivity index (χ0n) is 10.2. The first-order valence-electron chi connectivity index (χ1n) is 5.29. The van der Waals surface area contributed by atoms with Crippen LogP contribution in [0, 0.1) is 0 Å². The van der Waals surface area contributed by atoms with Crippen LogP contribution in [0.25, 0.3) is 0 Å².